The second-order valence-electron chi connectivity index (χ2n) is 5.61. The van der Waals surface area contributed by atoms with Crippen LogP contribution in [0.4, 0.5) is 0 Å². The van der Waals surface area contributed by atoms with E-state index in [9.17, 15) is 4.79 Å². The Morgan fingerprint density at radius 3 is 2.60 bits per heavy atom. The quantitative estimate of drug-likeness (QED) is 0.715. The van der Waals surface area contributed by atoms with Crippen molar-refractivity contribution in [2.24, 2.45) is 5.41 Å². The first-order chi connectivity index (χ1) is 6.93. The van der Waals surface area contributed by atoms with Crippen LogP contribution in [0.15, 0.2) is 0 Å². The van der Waals surface area contributed by atoms with Crippen molar-refractivity contribution in [2.75, 3.05) is 13.1 Å². The average molecular weight is 211 g/mol. The van der Waals surface area contributed by atoms with Crippen LogP contribution in [0.1, 0.15) is 53.4 Å². The summed E-state index contributed by atoms with van der Waals surface area (Å²) in [5.41, 5.74) is -0.182. The standard InChI is InChI=1S/C13H25NO/c1-11-8-6-5-7-9-14(11)10-13(3,4)12(2)15/h11H,5-10H2,1-4H3. The number of nitrogens with zero attached hydrogens (tertiary/aromatic N) is 1. The van der Waals surface area contributed by atoms with Gasteiger partial charge < -0.3 is 0 Å². The number of hydrogen-bond acceptors (Lipinski definition) is 2. The Bertz CT molecular complexity index is 223. The van der Waals surface area contributed by atoms with Crippen LogP contribution in [0.3, 0.4) is 0 Å². The lowest BCUT2D eigenvalue weighted by atomic mass is 9.88. The number of carbonyl (C=O) groups excluding carboxylic acids is 1. The van der Waals surface area contributed by atoms with Crippen molar-refractivity contribution in [1.82, 2.24) is 4.90 Å². The molecule has 1 aliphatic heterocycles. The number of hydrogen-bond donors (Lipinski definition) is 0. The van der Waals surface area contributed by atoms with E-state index in [0.717, 1.165) is 13.1 Å². The molecule has 0 aromatic rings. The van der Waals surface area contributed by atoms with E-state index >= 15 is 0 Å². The molecule has 0 aromatic heterocycles. The minimum atomic E-state index is -0.182. The van der Waals surface area contributed by atoms with Gasteiger partial charge in [0.2, 0.25) is 0 Å². The molecule has 0 aromatic carbocycles. The lowest BCUT2D eigenvalue weighted by Gasteiger charge is -2.34. The smallest absolute Gasteiger partial charge is 0.136 e. The summed E-state index contributed by atoms with van der Waals surface area (Å²) in [7, 11) is 0. The summed E-state index contributed by atoms with van der Waals surface area (Å²) in [6.45, 7) is 10.2. The Labute approximate surface area is 94.0 Å². The van der Waals surface area contributed by atoms with Gasteiger partial charge >= 0.3 is 0 Å². The third kappa shape index (κ3) is 3.60. The third-order valence-electron chi connectivity index (χ3n) is 3.74. The minimum absolute atomic E-state index is 0.182. The lowest BCUT2D eigenvalue weighted by Crippen LogP contribution is -2.42. The molecule has 1 rings (SSSR count). The molecule has 0 saturated carbocycles. The van der Waals surface area contributed by atoms with E-state index in [0.29, 0.717) is 11.8 Å². The Balaban J connectivity index is 2.58. The van der Waals surface area contributed by atoms with Crippen LogP contribution in [-0.4, -0.2) is 29.8 Å². The van der Waals surface area contributed by atoms with E-state index in [1.165, 1.54) is 25.7 Å². The number of carbonyl (C=O) groups is 1. The van der Waals surface area contributed by atoms with Crippen molar-refractivity contribution < 1.29 is 4.79 Å². The summed E-state index contributed by atoms with van der Waals surface area (Å²) in [6, 6.07) is 0.645. The van der Waals surface area contributed by atoms with Crippen LogP contribution >= 0.6 is 0 Å². The molecule has 1 heterocycles. The highest BCUT2D eigenvalue weighted by molar-refractivity contribution is 5.81. The first-order valence-corrected chi connectivity index (χ1v) is 6.18. The first kappa shape index (κ1) is 12.7. The van der Waals surface area contributed by atoms with Gasteiger partial charge in [-0.2, -0.15) is 0 Å². The number of ketones is 1. The second-order valence-corrected chi connectivity index (χ2v) is 5.61. The number of rotatable bonds is 3. The second kappa shape index (κ2) is 5.11. The first-order valence-electron chi connectivity index (χ1n) is 6.18. The van der Waals surface area contributed by atoms with Crippen molar-refractivity contribution in [3.8, 4) is 0 Å². The van der Waals surface area contributed by atoms with Gasteiger partial charge in [0.25, 0.3) is 0 Å². The molecule has 0 aliphatic carbocycles. The topological polar surface area (TPSA) is 20.3 Å². The Hall–Kier alpha value is -0.370. The van der Waals surface area contributed by atoms with Crippen LogP contribution in [0.5, 0.6) is 0 Å². The van der Waals surface area contributed by atoms with Gasteiger partial charge in [0.1, 0.15) is 5.78 Å². The third-order valence-corrected chi connectivity index (χ3v) is 3.74. The summed E-state index contributed by atoms with van der Waals surface area (Å²) in [4.78, 5) is 14.0. The highest BCUT2D eigenvalue weighted by Gasteiger charge is 2.29. The Morgan fingerprint density at radius 1 is 1.33 bits per heavy atom. The molecule has 1 aliphatic rings. The van der Waals surface area contributed by atoms with Gasteiger partial charge in [-0.1, -0.05) is 26.7 Å². The molecular weight excluding hydrogens is 186 g/mol. The van der Waals surface area contributed by atoms with Crippen LogP contribution < -0.4 is 0 Å². The van der Waals surface area contributed by atoms with Crippen LogP contribution in [0.2, 0.25) is 0 Å². The van der Waals surface area contributed by atoms with Gasteiger partial charge in [-0.05, 0) is 33.2 Å². The molecule has 15 heavy (non-hydrogen) atoms. The summed E-state index contributed by atoms with van der Waals surface area (Å²) < 4.78 is 0. The molecule has 1 atom stereocenters. The molecule has 0 radical (unpaired) electrons. The van der Waals surface area contributed by atoms with E-state index in [2.05, 4.69) is 25.7 Å². The highest BCUT2D eigenvalue weighted by atomic mass is 16.1. The fourth-order valence-electron chi connectivity index (χ4n) is 2.19. The molecule has 2 heteroatoms. The van der Waals surface area contributed by atoms with Crippen LogP contribution in [0, 0.1) is 5.41 Å². The normalized spacial score (nSPS) is 24.9. The average Bonchev–Trinajstić information content (AvgIpc) is 2.31. The molecule has 1 unspecified atom stereocenters. The van der Waals surface area contributed by atoms with Crippen LogP contribution in [-0.2, 0) is 4.79 Å². The molecule has 0 bridgehead atoms. The van der Waals surface area contributed by atoms with Gasteiger partial charge in [0.05, 0.1) is 0 Å². The molecule has 0 amide bonds. The fourth-order valence-corrected chi connectivity index (χ4v) is 2.19. The molecule has 2 nitrogen and oxygen atoms in total. The minimum Gasteiger partial charge on any atom is -0.300 e. The van der Waals surface area contributed by atoms with Crippen molar-refractivity contribution in [2.45, 2.75) is 59.4 Å². The van der Waals surface area contributed by atoms with Gasteiger partial charge in [-0.25, -0.2) is 0 Å². The van der Waals surface area contributed by atoms with Crippen molar-refractivity contribution in [1.29, 1.82) is 0 Å². The lowest BCUT2D eigenvalue weighted by molar-refractivity contribution is -0.126. The predicted octanol–water partition coefficient (Wildman–Crippen LogP) is 2.87. The molecule has 1 fully saturated rings. The zero-order valence-corrected chi connectivity index (χ0v) is 10.7. The van der Waals surface area contributed by atoms with Crippen molar-refractivity contribution in [3.63, 3.8) is 0 Å². The van der Waals surface area contributed by atoms with E-state index in [4.69, 9.17) is 0 Å². The maximum Gasteiger partial charge on any atom is 0.136 e. The maximum absolute atomic E-state index is 11.5. The van der Waals surface area contributed by atoms with Gasteiger partial charge in [0.15, 0.2) is 0 Å². The van der Waals surface area contributed by atoms with Gasteiger partial charge in [-0.3, -0.25) is 9.69 Å². The zero-order chi connectivity index (χ0) is 11.5. The van der Waals surface area contributed by atoms with E-state index in [1.807, 2.05) is 0 Å². The van der Waals surface area contributed by atoms with Crippen LogP contribution in [0.25, 0.3) is 0 Å². The predicted molar refractivity (Wildman–Crippen MR) is 64.0 cm³/mol. The largest absolute Gasteiger partial charge is 0.300 e. The monoisotopic (exact) mass is 211 g/mol. The summed E-state index contributed by atoms with van der Waals surface area (Å²) in [5, 5.41) is 0. The fraction of sp³-hybridized carbons (Fsp3) is 0.923. The highest BCUT2D eigenvalue weighted by Crippen LogP contribution is 2.23. The summed E-state index contributed by atoms with van der Waals surface area (Å²) >= 11 is 0. The Kier molecular flexibility index (Phi) is 4.32. The summed E-state index contributed by atoms with van der Waals surface area (Å²) in [5.74, 6) is 0.305. The zero-order valence-electron chi connectivity index (χ0n) is 10.7. The molecule has 1 saturated heterocycles. The molecule has 88 valence electrons. The van der Waals surface area contributed by atoms with E-state index in [-0.39, 0.29) is 5.41 Å². The van der Waals surface area contributed by atoms with E-state index in [1.54, 1.807) is 6.92 Å². The number of likely N-dealkylation sites (tertiary alicyclic amines) is 1. The van der Waals surface area contributed by atoms with Crippen molar-refractivity contribution in [3.05, 3.63) is 0 Å². The molecular formula is C13H25NO. The SMILES string of the molecule is CC(=O)C(C)(C)CN1CCCCCC1C. The summed E-state index contributed by atoms with van der Waals surface area (Å²) in [6.07, 6.45) is 5.27. The maximum atomic E-state index is 11.5. The molecule has 0 N–H and O–H groups in total. The number of Topliss-reactive ketones (excluding diaryl/α,β-unsaturated/α-hetero) is 1. The van der Waals surface area contributed by atoms with Crippen molar-refractivity contribution >= 4 is 5.78 Å². The molecule has 0 spiro atoms. The van der Waals surface area contributed by atoms with Gasteiger partial charge in [-0.15, -0.1) is 0 Å². The van der Waals surface area contributed by atoms with Gasteiger partial charge in [0, 0.05) is 18.0 Å². The Morgan fingerprint density at radius 2 is 2.00 bits per heavy atom. The van der Waals surface area contributed by atoms with E-state index < -0.39 is 0 Å².